The molecule has 0 saturated heterocycles. The molecule has 0 bridgehead atoms. The van der Waals surface area contributed by atoms with Gasteiger partial charge in [-0.05, 0) is 42.9 Å². The molecule has 2 atom stereocenters. The van der Waals surface area contributed by atoms with Crippen molar-refractivity contribution < 1.29 is 8.42 Å². The number of hydrogen-bond acceptors (Lipinski definition) is 3. The predicted octanol–water partition coefficient (Wildman–Crippen LogP) is 3.42. The molecule has 1 aliphatic rings. The minimum atomic E-state index is -3.64. The zero-order valence-corrected chi connectivity index (χ0v) is 14.0. The molecule has 0 heterocycles. The Labute approximate surface area is 132 Å². The van der Waals surface area contributed by atoms with Gasteiger partial charge < -0.3 is 5.73 Å². The molecular formula is C15H23ClN2O2S. The third-order valence-electron chi connectivity index (χ3n) is 4.23. The molecule has 1 aliphatic carbocycles. The van der Waals surface area contributed by atoms with Crippen LogP contribution < -0.4 is 10.5 Å². The van der Waals surface area contributed by atoms with Crippen molar-refractivity contribution >= 4 is 27.3 Å². The van der Waals surface area contributed by atoms with E-state index in [1.807, 2.05) is 0 Å². The van der Waals surface area contributed by atoms with Crippen LogP contribution in [0.25, 0.3) is 0 Å². The molecule has 0 aliphatic heterocycles. The Morgan fingerprint density at radius 3 is 2.62 bits per heavy atom. The molecular weight excluding hydrogens is 308 g/mol. The van der Waals surface area contributed by atoms with Gasteiger partial charge in [0.05, 0.1) is 5.02 Å². The van der Waals surface area contributed by atoms with Gasteiger partial charge in [-0.2, -0.15) is 0 Å². The summed E-state index contributed by atoms with van der Waals surface area (Å²) in [5.41, 5.74) is 6.07. The number of halogens is 1. The van der Waals surface area contributed by atoms with Gasteiger partial charge in [-0.15, -0.1) is 0 Å². The normalized spacial score (nSPS) is 23.4. The van der Waals surface area contributed by atoms with Crippen molar-refractivity contribution in [2.45, 2.75) is 50.5 Å². The highest BCUT2D eigenvalue weighted by Crippen LogP contribution is 2.32. The summed E-state index contributed by atoms with van der Waals surface area (Å²) in [5, 5.41) is 0.202. The molecule has 0 radical (unpaired) electrons. The van der Waals surface area contributed by atoms with E-state index in [-0.39, 0.29) is 16.0 Å². The predicted molar refractivity (Wildman–Crippen MR) is 86.8 cm³/mol. The van der Waals surface area contributed by atoms with Crippen LogP contribution in [-0.4, -0.2) is 14.5 Å². The maximum Gasteiger partial charge on any atom is 0.242 e. The van der Waals surface area contributed by atoms with Crippen molar-refractivity contribution in [1.29, 1.82) is 0 Å². The fourth-order valence-corrected chi connectivity index (χ4v) is 4.95. The Morgan fingerprint density at radius 1 is 1.29 bits per heavy atom. The van der Waals surface area contributed by atoms with E-state index >= 15 is 0 Å². The zero-order chi connectivity index (χ0) is 15.6. The second-order valence-corrected chi connectivity index (χ2v) is 8.20. The van der Waals surface area contributed by atoms with Crippen LogP contribution in [0, 0.1) is 11.8 Å². The van der Waals surface area contributed by atoms with Crippen LogP contribution in [0.4, 0.5) is 5.69 Å². The standard InChI is InChI=1S/C15H23ClN2O2S/c1-10(2)12-5-3-4-6-14(12)18-21(19,20)15-9-11(17)7-8-13(15)16/h7-10,12,14,18H,3-6,17H2,1-2H3. The second kappa shape index (κ2) is 6.55. The first-order valence-electron chi connectivity index (χ1n) is 7.38. The largest absolute Gasteiger partial charge is 0.399 e. The molecule has 0 aromatic heterocycles. The zero-order valence-electron chi connectivity index (χ0n) is 12.5. The summed E-state index contributed by atoms with van der Waals surface area (Å²) >= 11 is 6.02. The number of sulfonamides is 1. The highest BCUT2D eigenvalue weighted by Gasteiger charge is 2.31. The van der Waals surface area contributed by atoms with E-state index in [4.69, 9.17) is 17.3 Å². The molecule has 2 unspecified atom stereocenters. The Morgan fingerprint density at radius 2 is 1.95 bits per heavy atom. The van der Waals surface area contributed by atoms with Crippen LogP contribution in [0.5, 0.6) is 0 Å². The molecule has 6 heteroatoms. The molecule has 0 spiro atoms. The van der Waals surface area contributed by atoms with Crippen molar-refractivity contribution in [2.24, 2.45) is 11.8 Å². The van der Waals surface area contributed by atoms with E-state index in [2.05, 4.69) is 18.6 Å². The number of nitrogens with one attached hydrogen (secondary N) is 1. The summed E-state index contributed by atoms with van der Waals surface area (Å²) in [6.07, 6.45) is 4.17. The number of rotatable bonds is 4. The number of hydrogen-bond donors (Lipinski definition) is 2. The van der Waals surface area contributed by atoms with Gasteiger partial charge in [0, 0.05) is 11.7 Å². The van der Waals surface area contributed by atoms with Gasteiger partial charge >= 0.3 is 0 Å². The van der Waals surface area contributed by atoms with Gasteiger partial charge in [-0.25, -0.2) is 13.1 Å². The number of nitrogens with two attached hydrogens (primary N) is 1. The van der Waals surface area contributed by atoms with Crippen LogP contribution in [0.3, 0.4) is 0 Å². The average molecular weight is 331 g/mol. The first-order valence-corrected chi connectivity index (χ1v) is 9.24. The topological polar surface area (TPSA) is 72.2 Å². The van der Waals surface area contributed by atoms with Crippen LogP contribution in [0.2, 0.25) is 5.02 Å². The molecule has 0 amide bonds. The summed E-state index contributed by atoms with van der Waals surface area (Å²) in [7, 11) is -3.64. The lowest BCUT2D eigenvalue weighted by atomic mass is 9.78. The molecule has 1 fully saturated rings. The van der Waals surface area contributed by atoms with Crippen molar-refractivity contribution in [1.82, 2.24) is 4.72 Å². The minimum absolute atomic E-state index is 0.0266. The van der Waals surface area contributed by atoms with Crippen molar-refractivity contribution in [3.8, 4) is 0 Å². The minimum Gasteiger partial charge on any atom is -0.399 e. The van der Waals surface area contributed by atoms with Crippen LogP contribution >= 0.6 is 11.6 Å². The quantitative estimate of drug-likeness (QED) is 0.831. The lowest BCUT2D eigenvalue weighted by Gasteiger charge is -2.34. The molecule has 4 nitrogen and oxygen atoms in total. The van der Waals surface area contributed by atoms with E-state index in [1.54, 1.807) is 6.07 Å². The summed E-state index contributed by atoms with van der Waals surface area (Å²) in [6, 6.07) is 4.50. The molecule has 1 aromatic carbocycles. The van der Waals surface area contributed by atoms with Crippen molar-refractivity contribution in [2.75, 3.05) is 5.73 Å². The summed E-state index contributed by atoms with van der Waals surface area (Å²) in [6.45, 7) is 4.29. The highest BCUT2D eigenvalue weighted by atomic mass is 35.5. The van der Waals surface area contributed by atoms with Crippen LogP contribution in [-0.2, 0) is 10.0 Å². The van der Waals surface area contributed by atoms with Gasteiger partial charge in [-0.3, -0.25) is 0 Å². The second-order valence-electron chi connectivity index (χ2n) is 6.11. The summed E-state index contributed by atoms with van der Waals surface area (Å²) in [4.78, 5) is 0.0669. The van der Waals surface area contributed by atoms with Gasteiger partial charge in [-0.1, -0.05) is 38.3 Å². The molecule has 118 valence electrons. The Bertz CT molecular complexity index is 602. The van der Waals surface area contributed by atoms with Gasteiger partial charge in [0.1, 0.15) is 4.90 Å². The maximum atomic E-state index is 12.6. The third kappa shape index (κ3) is 3.90. The Kier molecular flexibility index (Phi) is 5.17. The molecule has 1 saturated carbocycles. The fraction of sp³-hybridized carbons (Fsp3) is 0.600. The fourth-order valence-electron chi connectivity index (χ4n) is 3.09. The first-order chi connectivity index (χ1) is 9.81. The van der Waals surface area contributed by atoms with Gasteiger partial charge in [0.25, 0.3) is 0 Å². The Balaban J connectivity index is 2.25. The van der Waals surface area contributed by atoms with Crippen molar-refractivity contribution in [3.05, 3.63) is 23.2 Å². The summed E-state index contributed by atoms with van der Waals surface area (Å²) in [5.74, 6) is 0.822. The van der Waals surface area contributed by atoms with Gasteiger partial charge in [0.2, 0.25) is 10.0 Å². The average Bonchev–Trinajstić information content (AvgIpc) is 2.41. The Hall–Kier alpha value is -0.780. The lowest BCUT2D eigenvalue weighted by Crippen LogP contribution is -2.43. The van der Waals surface area contributed by atoms with E-state index in [9.17, 15) is 8.42 Å². The van der Waals surface area contributed by atoms with Crippen LogP contribution in [0.15, 0.2) is 23.1 Å². The third-order valence-corrected chi connectivity index (χ3v) is 6.20. The van der Waals surface area contributed by atoms with E-state index in [1.165, 1.54) is 18.6 Å². The number of nitrogen functional groups attached to an aromatic ring is 1. The SMILES string of the molecule is CC(C)C1CCCCC1NS(=O)(=O)c1cc(N)ccc1Cl. The monoisotopic (exact) mass is 330 g/mol. The smallest absolute Gasteiger partial charge is 0.242 e. The molecule has 21 heavy (non-hydrogen) atoms. The van der Waals surface area contributed by atoms with Crippen LogP contribution in [0.1, 0.15) is 39.5 Å². The maximum absolute atomic E-state index is 12.6. The number of anilines is 1. The lowest BCUT2D eigenvalue weighted by molar-refractivity contribution is 0.226. The van der Waals surface area contributed by atoms with E-state index < -0.39 is 10.0 Å². The molecule has 3 N–H and O–H groups in total. The highest BCUT2D eigenvalue weighted by molar-refractivity contribution is 7.89. The first kappa shape index (κ1) is 16.6. The molecule has 1 aromatic rings. The number of benzene rings is 1. The van der Waals surface area contributed by atoms with Gasteiger partial charge in [0.15, 0.2) is 0 Å². The molecule has 2 rings (SSSR count). The summed E-state index contributed by atoms with van der Waals surface area (Å²) < 4.78 is 28.0. The van der Waals surface area contributed by atoms with E-state index in [0.717, 1.165) is 19.3 Å². The van der Waals surface area contributed by atoms with Crippen molar-refractivity contribution in [3.63, 3.8) is 0 Å². The van der Waals surface area contributed by atoms with E-state index in [0.29, 0.717) is 17.5 Å².